The Morgan fingerprint density at radius 3 is 2.45 bits per heavy atom. The Hall–Kier alpha value is -1.77. The van der Waals surface area contributed by atoms with E-state index in [2.05, 4.69) is 9.71 Å². The summed E-state index contributed by atoms with van der Waals surface area (Å²) in [5, 5.41) is 9.29. The molecule has 2 aromatic rings. The van der Waals surface area contributed by atoms with E-state index in [0.29, 0.717) is 16.1 Å². The number of hydrogen-bond donors (Lipinski definition) is 2. The number of hydrogen-bond acceptors (Lipinski definition) is 5. The van der Waals surface area contributed by atoms with Crippen molar-refractivity contribution < 1.29 is 18.3 Å². The summed E-state index contributed by atoms with van der Waals surface area (Å²) in [7, 11) is -3.79. The van der Waals surface area contributed by atoms with Crippen LogP contribution in [0.2, 0.25) is 0 Å². The van der Waals surface area contributed by atoms with Crippen molar-refractivity contribution in [3.05, 3.63) is 51.5 Å². The Balaban J connectivity index is 2.20. The standard InChI is InChI=1S/C14H16N2O4S2/c1-9-3-5-11(6-4-9)7-22(19,20)16-12(14(17)18)13-10(2)15-8-21-13/h3-6,8,12,16H,7H2,1-2H3,(H,17,18). The number of carbonyl (C=O) groups is 1. The molecule has 0 bridgehead atoms. The molecule has 2 N–H and O–H groups in total. The minimum absolute atomic E-state index is 0.269. The van der Waals surface area contributed by atoms with Crippen LogP contribution in [-0.4, -0.2) is 24.5 Å². The highest BCUT2D eigenvalue weighted by Crippen LogP contribution is 2.23. The zero-order valence-corrected chi connectivity index (χ0v) is 13.7. The molecule has 0 amide bonds. The SMILES string of the molecule is Cc1ccc(CS(=O)(=O)NC(C(=O)O)c2scnc2C)cc1. The van der Waals surface area contributed by atoms with Crippen molar-refractivity contribution in [3.63, 3.8) is 0 Å². The first kappa shape index (κ1) is 16.6. The van der Waals surface area contributed by atoms with Crippen LogP contribution in [0.15, 0.2) is 29.8 Å². The molecule has 1 aromatic heterocycles. The van der Waals surface area contributed by atoms with E-state index in [1.807, 2.05) is 19.1 Å². The summed E-state index contributed by atoms with van der Waals surface area (Å²) in [5.41, 5.74) is 3.63. The number of nitrogens with one attached hydrogen (secondary N) is 1. The molecular weight excluding hydrogens is 324 g/mol. The monoisotopic (exact) mass is 340 g/mol. The third-order valence-corrected chi connectivity index (χ3v) is 5.37. The Morgan fingerprint density at radius 1 is 1.32 bits per heavy atom. The van der Waals surface area contributed by atoms with Gasteiger partial charge in [0.1, 0.15) is 0 Å². The maximum absolute atomic E-state index is 12.2. The van der Waals surface area contributed by atoms with Gasteiger partial charge in [-0.25, -0.2) is 13.4 Å². The van der Waals surface area contributed by atoms with Gasteiger partial charge in [0.05, 0.1) is 21.8 Å². The highest BCUT2D eigenvalue weighted by Gasteiger charge is 2.28. The minimum atomic E-state index is -3.79. The van der Waals surface area contributed by atoms with Gasteiger partial charge in [0.2, 0.25) is 10.0 Å². The highest BCUT2D eigenvalue weighted by atomic mass is 32.2. The molecule has 0 radical (unpaired) electrons. The molecule has 6 nitrogen and oxygen atoms in total. The van der Waals surface area contributed by atoms with E-state index < -0.39 is 22.0 Å². The third kappa shape index (κ3) is 4.12. The normalized spacial score (nSPS) is 13.0. The summed E-state index contributed by atoms with van der Waals surface area (Å²) >= 11 is 1.12. The molecular formula is C14H16N2O4S2. The van der Waals surface area contributed by atoms with Gasteiger partial charge in [-0.1, -0.05) is 29.8 Å². The minimum Gasteiger partial charge on any atom is -0.480 e. The molecule has 0 fully saturated rings. The number of aryl methyl sites for hydroxylation is 2. The fourth-order valence-corrected chi connectivity index (χ4v) is 4.14. The number of aromatic nitrogens is 1. The number of sulfonamides is 1. The second kappa shape index (κ2) is 6.55. The lowest BCUT2D eigenvalue weighted by atomic mass is 10.2. The summed E-state index contributed by atoms with van der Waals surface area (Å²) in [6.07, 6.45) is 0. The van der Waals surface area contributed by atoms with Crippen molar-refractivity contribution in [1.29, 1.82) is 0 Å². The van der Waals surface area contributed by atoms with Crippen LogP contribution in [0.25, 0.3) is 0 Å². The summed E-state index contributed by atoms with van der Waals surface area (Å²) in [5.74, 6) is -1.52. The van der Waals surface area contributed by atoms with Crippen LogP contribution in [0.3, 0.4) is 0 Å². The van der Waals surface area contributed by atoms with Gasteiger partial charge in [-0.15, -0.1) is 11.3 Å². The van der Waals surface area contributed by atoms with Gasteiger partial charge in [0.25, 0.3) is 0 Å². The van der Waals surface area contributed by atoms with Crippen molar-refractivity contribution in [2.45, 2.75) is 25.6 Å². The lowest BCUT2D eigenvalue weighted by Crippen LogP contribution is -2.34. The van der Waals surface area contributed by atoms with Gasteiger partial charge in [-0.3, -0.25) is 4.79 Å². The Labute approximate surface area is 132 Å². The molecule has 1 aromatic carbocycles. The van der Waals surface area contributed by atoms with Crippen molar-refractivity contribution in [2.75, 3.05) is 0 Å². The van der Waals surface area contributed by atoms with Gasteiger partial charge >= 0.3 is 5.97 Å². The number of aliphatic carboxylic acids is 1. The van der Waals surface area contributed by atoms with E-state index in [1.165, 1.54) is 5.51 Å². The first-order valence-electron chi connectivity index (χ1n) is 6.47. The van der Waals surface area contributed by atoms with Crippen LogP contribution in [0.5, 0.6) is 0 Å². The summed E-state index contributed by atoms with van der Waals surface area (Å²) < 4.78 is 26.7. The first-order valence-corrected chi connectivity index (χ1v) is 9.00. The predicted octanol–water partition coefficient (Wildman–Crippen LogP) is 2.01. The van der Waals surface area contributed by atoms with Gasteiger partial charge in [0.15, 0.2) is 6.04 Å². The summed E-state index contributed by atoms with van der Waals surface area (Å²) in [6, 6.07) is 5.73. The number of nitrogens with zero attached hydrogens (tertiary/aromatic N) is 1. The van der Waals surface area contributed by atoms with E-state index in [9.17, 15) is 18.3 Å². The number of benzene rings is 1. The topological polar surface area (TPSA) is 96.4 Å². The van der Waals surface area contributed by atoms with E-state index >= 15 is 0 Å². The number of carboxylic acids is 1. The molecule has 118 valence electrons. The lowest BCUT2D eigenvalue weighted by molar-refractivity contribution is -0.139. The summed E-state index contributed by atoms with van der Waals surface area (Å²) in [6.45, 7) is 3.56. The van der Waals surface area contributed by atoms with Crippen LogP contribution in [0.1, 0.15) is 27.7 Å². The molecule has 8 heteroatoms. The molecule has 0 spiro atoms. The zero-order chi connectivity index (χ0) is 16.3. The summed E-state index contributed by atoms with van der Waals surface area (Å²) in [4.78, 5) is 15.7. The first-order chi connectivity index (χ1) is 10.3. The molecule has 1 heterocycles. The average Bonchev–Trinajstić information content (AvgIpc) is 2.84. The molecule has 1 unspecified atom stereocenters. The van der Waals surface area contributed by atoms with Gasteiger partial charge in [0, 0.05) is 0 Å². The van der Waals surface area contributed by atoms with E-state index in [0.717, 1.165) is 16.9 Å². The highest BCUT2D eigenvalue weighted by molar-refractivity contribution is 7.88. The number of thiazole rings is 1. The predicted molar refractivity (Wildman–Crippen MR) is 84.2 cm³/mol. The van der Waals surface area contributed by atoms with Crippen LogP contribution in [0.4, 0.5) is 0 Å². The van der Waals surface area contributed by atoms with Crippen molar-refractivity contribution in [2.24, 2.45) is 0 Å². The van der Waals surface area contributed by atoms with Crippen LogP contribution < -0.4 is 4.72 Å². The van der Waals surface area contributed by atoms with Crippen LogP contribution in [-0.2, 0) is 20.6 Å². The average molecular weight is 340 g/mol. The fourth-order valence-electron chi connectivity index (χ4n) is 1.93. The maximum atomic E-state index is 12.2. The Morgan fingerprint density at radius 2 is 1.95 bits per heavy atom. The van der Waals surface area contributed by atoms with E-state index in [-0.39, 0.29) is 5.75 Å². The molecule has 22 heavy (non-hydrogen) atoms. The smallest absolute Gasteiger partial charge is 0.327 e. The maximum Gasteiger partial charge on any atom is 0.327 e. The molecule has 0 saturated carbocycles. The molecule has 0 aliphatic rings. The van der Waals surface area contributed by atoms with Crippen molar-refractivity contribution >= 4 is 27.3 Å². The van der Waals surface area contributed by atoms with E-state index in [1.54, 1.807) is 19.1 Å². The molecule has 1 atom stereocenters. The molecule has 0 aliphatic heterocycles. The third-order valence-electron chi connectivity index (χ3n) is 3.07. The second-order valence-electron chi connectivity index (χ2n) is 4.94. The van der Waals surface area contributed by atoms with E-state index in [4.69, 9.17) is 0 Å². The van der Waals surface area contributed by atoms with Gasteiger partial charge in [-0.05, 0) is 19.4 Å². The number of rotatable bonds is 6. The Bertz CT molecular complexity index is 766. The van der Waals surface area contributed by atoms with Crippen molar-refractivity contribution in [3.8, 4) is 0 Å². The largest absolute Gasteiger partial charge is 0.480 e. The second-order valence-corrected chi connectivity index (χ2v) is 7.58. The van der Waals surface area contributed by atoms with Crippen LogP contribution in [0, 0.1) is 13.8 Å². The molecule has 2 rings (SSSR count). The molecule has 0 saturated heterocycles. The quantitative estimate of drug-likeness (QED) is 0.838. The number of carboxylic acid groups (broad SMARTS) is 1. The van der Waals surface area contributed by atoms with Gasteiger partial charge in [-0.2, -0.15) is 4.72 Å². The fraction of sp³-hybridized carbons (Fsp3) is 0.286. The van der Waals surface area contributed by atoms with Crippen molar-refractivity contribution in [1.82, 2.24) is 9.71 Å². The lowest BCUT2D eigenvalue weighted by Gasteiger charge is -2.14. The van der Waals surface area contributed by atoms with Gasteiger partial charge < -0.3 is 5.11 Å². The van der Waals surface area contributed by atoms with Crippen LogP contribution >= 0.6 is 11.3 Å². The molecule has 0 aliphatic carbocycles. The zero-order valence-electron chi connectivity index (χ0n) is 12.1. The Kier molecular flexibility index (Phi) is 4.94.